The van der Waals surface area contributed by atoms with Gasteiger partial charge in [0.2, 0.25) is 0 Å². The zero-order chi connectivity index (χ0) is 14.7. The summed E-state index contributed by atoms with van der Waals surface area (Å²) in [6.45, 7) is 1.31. The van der Waals surface area contributed by atoms with Crippen LogP contribution in [0.2, 0.25) is 0 Å². The van der Waals surface area contributed by atoms with Crippen LogP contribution in [0, 0.1) is 0 Å². The van der Waals surface area contributed by atoms with Crippen molar-refractivity contribution < 1.29 is 14.2 Å². The smallest absolute Gasteiger partial charge is 0.142 e. The van der Waals surface area contributed by atoms with E-state index in [1.54, 1.807) is 14.2 Å². The summed E-state index contributed by atoms with van der Waals surface area (Å²) in [6, 6.07) is 14.2. The maximum absolute atomic E-state index is 5.68. The highest BCUT2D eigenvalue weighted by Gasteiger charge is 2.21. The summed E-state index contributed by atoms with van der Waals surface area (Å²) in [6.07, 6.45) is 0. The van der Waals surface area contributed by atoms with E-state index >= 15 is 0 Å². The molecule has 1 atom stereocenters. The third-order valence-corrected chi connectivity index (χ3v) is 3.71. The summed E-state index contributed by atoms with van der Waals surface area (Å²) >= 11 is 0. The largest absolute Gasteiger partial charge is 0.497 e. The first-order valence-corrected chi connectivity index (χ1v) is 6.96. The van der Waals surface area contributed by atoms with Crippen molar-refractivity contribution in [2.45, 2.75) is 12.6 Å². The van der Waals surface area contributed by atoms with Crippen LogP contribution in [0.1, 0.15) is 17.2 Å². The molecular weight excluding hydrogens is 266 g/mol. The van der Waals surface area contributed by atoms with E-state index in [0.717, 1.165) is 17.2 Å². The van der Waals surface area contributed by atoms with Crippen LogP contribution >= 0.6 is 0 Å². The molecule has 0 saturated carbocycles. The van der Waals surface area contributed by atoms with Crippen molar-refractivity contribution in [1.29, 1.82) is 0 Å². The van der Waals surface area contributed by atoms with Crippen molar-refractivity contribution in [3.63, 3.8) is 0 Å². The number of rotatable bonds is 4. The van der Waals surface area contributed by atoms with Crippen LogP contribution < -0.4 is 14.8 Å². The molecule has 0 saturated heterocycles. The quantitative estimate of drug-likeness (QED) is 0.934. The average Bonchev–Trinajstić information content (AvgIpc) is 2.55. The van der Waals surface area contributed by atoms with Gasteiger partial charge in [0.15, 0.2) is 0 Å². The Kier molecular flexibility index (Phi) is 3.97. The lowest BCUT2D eigenvalue weighted by molar-refractivity contribution is 0.0969. The van der Waals surface area contributed by atoms with Gasteiger partial charge in [-0.15, -0.1) is 0 Å². The molecule has 1 unspecified atom stereocenters. The molecule has 1 heterocycles. The van der Waals surface area contributed by atoms with Crippen molar-refractivity contribution in [3.05, 3.63) is 53.6 Å². The third kappa shape index (κ3) is 2.81. The first kappa shape index (κ1) is 13.8. The zero-order valence-corrected chi connectivity index (χ0v) is 12.3. The molecule has 4 heteroatoms. The van der Waals surface area contributed by atoms with Crippen LogP contribution in [0.3, 0.4) is 0 Å². The lowest BCUT2D eigenvalue weighted by Gasteiger charge is -2.28. The minimum absolute atomic E-state index is 0.107. The molecule has 0 aliphatic carbocycles. The van der Waals surface area contributed by atoms with Gasteiger partial charge >= 0.3 is 0 Å². The maximum atomic E-state index is 5.68. The predicted molar refractivity (Wildman–Crippen MR) is 82.0 cm³/mol. The number of anilines is 1. The lowest BCUT2D eigenvalue weighted by Crippen LogP contribution is -2.23. The van der Waals surface area contributed by atoms with Crippen LogP contribution in [-0.4, -0.2) is 20.8 Å². The van der Waals surface area contributed by atoms with E-state index in [0.29, 0.717) is 13.2 Å². The van der Waals surface area contributed by atoms with Crippen LogP contribution in [0.25, 0.3) is 0 Å². The Labute approximate surface area is 124 Å². The van der Waals surface area contributed by atoms with Gasteiger partial charge in [0.25, 0.3) is 0 Å². The summed E-state index contributed by atoms with van der Waals surface area (Å²) in [5.41, 5.74) is 3.40. The Bertz CT molecular complexity index is 627. The van der Waals surface area contributed by atoms with Gasteiger partial charge in [0.1, 0.15) is 11.5 Å². The monoisotopic (exact) mass is 285 g/mol. The second kappa shape index (κ2) is 6.06. The van der Waals surface area contributed by atoms with Crippen LogP contribution in [-0.2, 0) is 11.3 Å². The Balaban J connectivity index is 1.90. The number of nitrogens with one attached hydrogen (secondary N) is 1. The molecule has 1 aliphatic heterocycles. The molecule has 0 bridgehead atoms. The number of methoxy groups -OCH3 is 2. The SMILES string of the molecule is COc1ccc(OC)c(NC2COCc3ccccc32)c1. The zero-order valence-electron chi connectivity index (χ0n) is 12.3. The summed E-state index contributed by atoms with van der Waals surface area (Å²) < 4.78 is 16.4. The van der Waals surface area contributed by atoms with Gasteiger partial charge in [0.05, 0.1) is 39.2 Å². The van der Waals surface area contributed by atoms with E-state index in [4.69, 9.17) is 14.2 Å². The highest BCUT2D eigenvalue weighted by atomic mass is 16.5. The molecule has 1 N–H and O–H groups in total. The minimum atomic E-state index is 0.107. The van der Waals surface area contributed by atoms with Crippen molar-refractivity contribution in [1.82, 2.24) is 0 Å². The molecule has 3 rings (SSSR count). The normalized spacial score (nSPS) is 17.0. The highest BCUT2D eigenvalue weighted by molar-refractivity contribution is 5.61. The van der Waals surface area contributed by atoms with Gasteiger partial charge in [-0.3, -0.25) is 0 Å². The van der Waals surface area contributed by atoms with Gasteiger partial charge in [-0.2, -0.15) is 0 Å². The second-order valence-corrected chi connectivity index (χ2v) is 4.98. The second-order valence-electron chi connectivity index (χ2n) is 4.98. The van der Waals surface area contributed by atoms with E-state index in [1.165, 1.54) is 11.1 Å². The van der Waals surface area contributed by atoms with Gasteiger partial charge in [0, 0.05) is 6.07 Å². The van der Waals surface area contributed by atoms with Crippen molar-refractivity contribution >= 4 is 5.69 Å². The van der Waals surface area contributed by atoms with E-state index < -0.39 is 0 Å². The highest BCUT2D eigenvalue weighted by Crippen LogP contribution is 2.34. The standard InChI is InChI=1S/C17H19NO3/c1-19-13-7-8-17(20-2)15(9-13)18-16-11-21-10-12-5-3-4-6-14(12)16/h3-9,16,18H,10-11H2,1-2H3. The molecule has 2 aromatic carbocycles. The number of benzene rings is 2. The third-order valence-electron chi connectivity index (χ3n) is 3.71. The van der Waals surface area contributed by atoms with Gasteiger partial charge in [-0.25, -0.2) is 0 Å². The van der Waals surface area contributed by atoms with Crippen molar-refractivity contribution in [2.75, 3.05) is 26.1 Å². The van der Waals surface area contributed by atoms with Crippen LogP contribution in [0.15, 0.2) is 42.5 Å². The number of fused-ring (bicyclic) bond motifs is 1. The Morgan fingerprint density at radius 3 is 2.76 bits per heavy atom. The predicted octanol–water partition coefficient (Wildman–Crippen LogP) is 3.39. The lowest BCUT2D eigenvalue weighted by atomic mass is 9.99. The molecule has 21 heavy (non-hydrogen) atoms. The van der Waals surface area contributed by atoms with E-state index in [9.17, 15) is 0 Å². The summed E-state index contributed by atoms with van der Waals surface area (Å²) in [5.74, 6) is 1.59. The molecule has 0 amide bonds. The molecule has 0 radical (unpaired) electrons. The first-order valence-electron chi connectivity index (χ1n) is 6.96. The number of ether oxygens (including phenoxy) is 3. The molecular formula is C17H19NO3. The number of hydrogen-bond donors (Lipinski definition) is 1. The summed E-state index contributed by atoms with van der Waals surface area (Å²) in [7, 11) is 3.32. The molecule has 0 spiro atoms. The molecule has 4 nitrogen and oxygen atoms in total. The Morgan fingerprint density at radius 1 is 1.10 bits per heavy atom. The maximum Gasteiger partial charge on any atom is 0.142 e. The molecule has 0 aromatic heterocycles. The fourth-order valence-electron chi connectivity index (χ4n) is 2.62. The fourth-order valence-corrected chi connectivity index (χ4v) is 2.62. The Hall–Kier alpha value is -2.20. The summed E-state index contributed by atoms with van der Waals surface area (Å²) in [5, 5.41) is 3.50. The summed E-state index contributed by atoms with van der Waals surface area (Å²) in [4.78, 5) is 0. The average molecular weight is 285 g/mol. The molecule has 2 aromatic rings. The minimum Gasteiger partial charge on any atom is -0.497 e. The van der Waals surface area contributed by atoms with Crippen LogP contribution in [0.5, 0.6) is 11.5 Å². The first-order chi connectivity index (χ1) is 10.3. The van der Waals surface area contributed by atoms with Gasteiger partial charge < -0.3 is 19.5 Å². The van der Waals surface area contributed by atoms with Crippen LogP contribution in [0.4, 0.5) is 5.69 Å². The molecule has 1 aliphatic rings. The van der Waals surface area contributed by atoms with Gasteiger partial charge in [-0.1, -0.05) is 24.3 Å². The van der Waals surface area contributed by atoms with E-state index in [1.807, 2.05) is 24.3 Å². The van der Waals surface area contributed by atoms with Crippen molar-refractivity contribution in [3.8, 4) is 11.5 Å². The molecule has 110 valence electrons. The van der Waals surface area contributed by atoms with Gasteiger partial charge in [-0.05, 0) is 23.3 Å². The molecule has 0 fully saturated rings. The number of hydrogen-bond acceptors (Lipinski definition) is 4. The van der Waals surface area contributed by atoms with Crippen molar-refractivity contribution in [2.24, 2.45) is 0 Å². The van der Waals surface area contributed by atoms with E-state index in [2.05, 4.69) is 23.5 Å². The Morgan fingerprint density at radius 2 is 1.95 bits per heavy atom. The fraction of sp³-hybridized carbons (Fsp3) is 0.294. The van der Waals surface area contributed by atoms with E-state index in [-0.39, 0.29) is 6.04 Å². The topological polar surface area (TPSA) is 39.7 Å².